The summed E-state index contributed by atoms with van der Waals surface area (Å²) in [4.78, 5) is 23.1. The van der Waals surface area contributed by atoms with Gasteiger partial charge in [-0.2, -0.15) is 0 Å². The average molecular weight is 505 g/mol. The van der Waals surface area contributed by atoms with Crippen LogP contribution in [0.25, 0.3) is 0 Å². The molecule has 8 heteroatoms. The van der Waals surface area contributed by atoms with E-state index in [9.17, 15) is 14.7 Å². The van der Waals surface area contributed by atoms with Crippen LogP contribution in [0, 0.1) is 0 Å². The highest BCUT2D eigenvalue weighted by Crippen LogP contribution is 2.13. The molecule has 0 rings (SSSR count). The number of quaternary nitrogens is 1. The highest BCUT2D eigenvalue weighted by Gasteiger charge is 2.22. The van der Waals surface area contributed by atoms with Gasteiger partial charge in [0, 0.05) is 6.42 Å². The summed E-state index contributed by atoms with van der Waals surface area (Å²) in [6.45, 7) is 2.58. The second-order valence-electron chi connectivity index (χ2n) is 10.6. The number of carboxylic acids is 1. The monoisotopic (exact) mass is 504 g/mol. The van der Waals surface area contributed by atoms with Gasteiger partial charge >= 0.3 is 11.9 Å². The number of unbranched alkanes of at least 4 members (excludes halogenated alkanes) is 13. The molecule has 0 bridgehead atoms. The lowest BCUT2D eigenvalue weighted by Crippen LogP contribution is -2.40. The Morgan fingerprint density at radius 1 is 0.743 bits per heavy atom. The number of hydrogen-bond acceptors (Lipinski definition) is 6. The minimum absolute atomic E-state index is 0.213. The lowest BCUT2D eigenvalue weighted by Gasteiger charge is -2.24. The summed E-state index contributed by atoms with van der Waals surface area (Å²) in [5.41, 5.74) is 0. The zero-order chi connectivity index (χ0) is 26.4. The summed E-state index contributed by atoms with van der Waals surface area (Å²) in [5, 5.41) is 19.1. The van der Waals surface area contributed by atoms with E-state index in [1.165, 1.54) is 70.6 Å². The fraction of sp³-hybridized carbons (Fsp3) is 0.926. The maximum atomic E-state index is 11.9. The predicted octanol–water partition coefficient (Wildman–Crippen LogP) is 4.91. The van der Waals surface area contributed by atoms with E-state index in [-0.39, 0.29) is 25.8 Å². The van der Waals surface area contributed by atoms with Crippen molar-refractivity contribution in [3.05, 3.63) is 0 Å². The topological polar surface area (TPSA) is 102 Å². The molecule has 35 heavy (non-hydrogen) atoms. The Hall–Kier alpha value is -1.22. The number of esters is 1. The van der Waals surface area contributed by atoms with E-state index < -0.39 is 18.4 Å². The van der Waals surface area contributed by atoms with Crippen LogP contribution in [-0.4, -0.2) is 86.5 Å². The molecule has 0 aliphatic rings. The fourth-order valence-electron chi connectivity index (χ4n) is 3.60. The third kappa shape index (κ3) is 24.3. The normalized spacial score (nSPS) is 13.5. The van der Waals surface area contributed by atoms with Gasteiger partial charge in [-0.3, -0.25) is 4.79 Å². The van der Waals surface area contributed by atoms with Crippen molar-refractivity contribution in [2.24, 2.45) is 0 Å². The molecule has 2 unspecified atom stereocenters. The van der Waals surface area contributed by atoms with Crippen molar-refractivity contribution >= 4 is 11.9 Å². The van der Waals surface area contributed by atoms with Gasteiger partial charge < -0.3 is 28.9 Å². The van der Waals surface area contributed by atoms with E-state index >= 15 is 0 Å². The van der Waals surface area contributed by atoms with Gasteiger partial charge in [-0.05, 0) is 6.42 Å². The minimum Gasteiger partial charge on any atom is -0.477 e. The van der Waals surface area contributed by atoms with Crippen molar-refractivity contribution in [2.75, 3.05) is 47.5 Å². The van der Waals surface area contributed by atoms with Crippen LogP contribution in [0.5, 0.6) is 0 Å². The van der Waals surface area contributed by atoms with Crippen LogP contribution in [0.2, 0.25) is 0 Å². The Morgan fingerprint density at radius 2 is 1.23 bits per heavy atom. The van der Waals surface area contributed by atoms with E-state index in [0.29, 0.717) is 17.4 Å². The number of nitrogens with zero attached hydrogens (tertiary/aromatic N) is 1. The maximum Gasteiger partial charge on any atom is 0.361 e. The highest BCUT2D eigenvalue weighted by molar-refractivity contribution is 5.70. The van der Waals surface area contributed by atoms with Gasteiger partial charge in [0.15, 0.2) is 0 Å². The van der Waals surface area contributed by atoms with Crippen molar-refractivity contribution in [2.45, 2.75) is 116 Å². The molecule has 0 heterocycles. The number of likely N-dealkylation sites (N-methyl/N-ethyl adjacent to an activating group) is 1. The summed E-state index contributed by atoms with van der Waals surface area (Å²) in [7, 11) is 5.91. The molecule has 8 nitrogen and oxygen atoms in total. The molecule has 0 aromatic carbocycles. The van der Waals surface area contributed by atoms with Crippen molar-refractivity contribution < 1.29 is 38.5 Å². The van der Waals surface area contributed by atoms with Gasteiger partial charge in [0.1, 0.15) is 19.3 Å². The molecule has 0 aromatic heterocycles. The van der Waals surface area contributed by atoms with Gasteiger partial charge in [-0.1, -0.05) is 90.4 Å². The Bertz CT molecular complexity index is 522. The summed E-state index contributed by atoms with van der Waals surface area (Å²) >= 11 is 0. The van der Waals surface area contributed by atoms with Crippen molar-refractivity contribution in [3.63, 3.8) is 0 Å². The van der Waals surface area contributed by atoms with Crippen LogP contribution in [0.3, 0.4) is 0 Å². The summed E-state index contributed by atoms with van der Waals surface area (Å²) < 4.78 is 16.1. The van der Waals surface area contributed by atoms with Crippen LogP contribution in [0.4, 0.5) is 0 Å². The lowest BCUT2D eigenvalue weighted by molar-refractivity contribution is -0.870. The van der Waals surface area contributed by atoms with Gasteiger partial charge in [-0.15, -0.1) is 0 Å². The molecule has 0 saturated carbocycles. The number of ether oxygens (including phenoxy) is 3. The fourth-order valence-corrected chi connectivity index (χ4v) is 3.60. The SMILES string of the molecule is CCCCCCCCCCCCCCCCC(=O)OCC(O)COC(OCC[N+](C)(C)C)C(=O)O. The quantitative estimate of drug-likeness (QED) is 0.0788. The van der Waals surface area contributed by atoms with Gasteiger partial charge in [-0.25, -0.2) is 4.79 Å². The number of carboxylic acid groups (broad SMARTS) is 1. The Morgan fingerprint density at radius 3 is 1.69 bits per heavy atom. The second-order valence-corrected chi connectivity index (χ2v) is 10.6. The molecule has 0 amide bonds. The van der Waals surface area contributed by atoms with Gasteiger partial charge in [0.05, 0.1) is 34.4 Å². The van der Waals surface area contributed by atoms with E-state index in [0.717, 1.165) is 19.3 Å². The molecule has 0 saturated heterocycles. The Kier molecular flexibility index (Phi) is 21.2. The molecule has 2 atom stereocenters. The molecule has 208 valence electrons. The van der Waals surface area contributed by atoms with Crippen LogP contribution >= 0.6 is 0 Å². The molecule has 0 fully saturated rings. The van der Waals surface area contributed by atoms with Gasteiger partial charge in [0.2, 0.25) is 0 Å². The first-order chi connectivity index (χ1) is 16.7. The van der Waals surface area contributed by atoms with Crippen molar-refractivity contribution in [1.82, 2.24) is 0 Å². The molecule has 0 aromatic rings. The molecule has 0 spiro atoms. The van der Waals surface area contributed by atoms with E-state index in [1.807, 2.05) is 21.1 Å². The number of carbonyl (C=O) groups is 2. The first-order valence-corrected chi connectivity index (χ1v) is 13.8. The van der Waals surface area contributed by atoms with E-state index in [4.69, 9.17) is 19.3 Å². The van der Waals surface area contributed by atoms with Crippen LogP contribution < -0.4 is 0 Å². The third-order valence-electron chi connectivity index (χ3n) is 5.84. The summed E-state index contributed by atoms with van der Waals surface area (Å²) in [6.07, 6.45) is 15.4. The molecule has 0 aliphatic carbocycles. The van der Waals surface area contributed by atoms with Gasteiger partial charge in [0.25, 0.3) is 6.29 Å². The number of hydrogen-bond donors (Lipinski definition) is 2. The Labute approximate surface area is 213 Å². The standard InChI is InChI=1S/C27H53NO7/c1-5-6-7-8-9-10-11-12-13-14-15-16-17-18-19-25(30)34-22-24(29)23-35-27(26(31)32)33-21-20-28(2,3)4/h24,27,29H,5-23H2,1-4H3/p+1. The van der Waals surface area contributed by atoms with Crippen LogP contribution in [0.15, 0.2) is 0 Å². The number of rotatable bonds is 25. The first kappa shape index (κ1) is 33.8. The number of aliphatic hydroxyl groups is 1. The van der Waals surface area contributed by atoms with Crippen molar-refractivity contribution in [3.8, 4) is 0 Å². The number of aliphatic hydroxyl groups excluding tert-OH is 1. The second kappa shape index (κ2) is 22.0. The van der Waals surface area contributed by atoms with E-state index in [1.54, 1.807) is 0 Å². The molecular formula is C27H54NO7+. The zero-order valence-electron chi connectivity index (χ0n) is 23.0. The molecular weight excluding hydrogens is 450 g/mol. The summed E-state index contributed by atoms with van der Waals surface area (Å²) in [6, 6.07) is 0. The highest BCUT2D eigenvalue weighted by atomic mass is 16.7. The smallest absolute Gasteiger partial charge is 0.361 e. The largest absolute Gasteiger partial charge is 0.477 e. The minimum atomic E-state index is -1.46. The average Bonchev–Trinajstić information content (AvgIpc) is 2.79. The first-order valence-electron chi connectivity index (χ1n) is 13.8. The summed E-state index contributed by atoms with van der Waals surface area (Å²) in [5.74, 6) is -1.61. The molecule has 2 N–H and O–H groups in total. The third-order valence-corrected chi connectivity index (χ3v) is 5.84. The van der Waals surface area contributed by atoms with Crippen molar-refractivity contribution in [1.29, 1.82) is 0 Å². The maximum absolute atomic E-state index is 11.9. The number of carbonyl (C=O) groups excluding carboxylic acids is 1. The van der Waals surface area contributed by atoms with Crippen LogP contribution in [0.1, 0.15) is 103 Å². The Balaban J connectivity index is 3.63. The molecule has 0 aliphatic heterocycles. The van der Waals surface area contributed by atoms with Crippen LogP contribution in [-0.2, 0) is 23.8 Å². The zero-order valence-corrected chi connectivity index (χ0v) is 23.0. The molecule has 0 radical (unpaired) electrons. The predicted molar refractivity (Wildman–Crippen MR) is 138 cm³/mol. The van der Waals surface area contributed by atoms with E-state index in [2.05, 4.69) is 6.92 Å². The lowest BCUT2D eigenvalue weighted by atomic mass is 10.0. The number of aliphatic carboxylic acids is 1.